The summed E-state index contributed by atoms with van der Waals surface area (Å²) in [5, 5.41) is 8.74. The van der Waals surface area contributed by atoms with Crippen LogP contribution in [0.3, 0.4) is 0 Å². The number of rotatable bonds is 4. The van der Waals surface area contributed by atoms with E-state index in [1.165, 1.54) is 6.42 Å². The van der Waals surface area contributed by atoms with Crippen LogP contribution in [-0.2, 0) is 4.79 Å². The molecule has 0 saturated carbocycles. The molecule has 1 heterocycles. The van der Waals surface area contributed by atoms with Crippen molar-refractivity contribution in [3.8, 4) is 0 Å². The fourth-order valence-electron chi connectivity index (χ4n) is 2.39. The molecule has 4 nitrogen and oxygen atoms in total. The van der Waals surface area contributed by atoms with Gasteiger partial charge >= 0.3 is 5.97 Å². The molecule has 1 fully saturated rings. The van der Waals surface area contributed by atoms with Crippen LogP contribution in [0.15, 0.2) is 0 Å². The molecule has 2 unspecified atom stereocenters. The molecule has 0 aromatic carbocycles. The Labute approximate surface area is 98.2 Å². The highest BCUT2D eigenvalue weighted by atomic mass is 16.4. The van der Waals surface area contributed by atoms with E-state index in [2.05, 4.69) is 30.7 Å². The first-order valence-corrected chi connectivity index (χ1v) is 6.20. The summed E-state index contributed by atoms with van der Waals surface area (Å²) >= 11 is 0. The van der Waals surface area contributed by atoms with Gasteiger partial charge in [0.15, 0.2) is 0 Å². The number of hydrogen-bond donors (Lipinski definition) is 1. The maximum absolute atomic E-state index is 10.6. The lowest BCUT2D eigenvalue weighted by Crippen LogP contribution is -2.40. The van der Waals surface area contributed by atoms with E-state index in [1.54, 1.807) is 0 Å². The molecule has 0 aliphatic carbocycles. The molecular formula is C12H24N2O2. The van der Waals surface area contributed by atoms with Crippen LogP contribution in [0.4, 0.5) is 0 Å². The summed E-state index contributed by atoms with van der Waals surface area (Å²) < 4.78 is 0. The highest BCUT2D eigenvalue weighted by Gasteiger charge is 2.25. The molecule has 0 radical (unpaired) electrons. The molecule has 0 bridgehead atoms. The number of carboxylic acid groups (broad SMARTS) is 1. The summed E-state index contributed by atoms with van der Waals surface area (Å²) in [6.45, 7) is 7.56. The topological polar surface area (TPSA) is 43.8 Å². The van der Waals surface area contributed by atoms with Crippen molar-refractivity contribution in [3.63, 3.8) is 0 Å². The molecule has 2 atom stereocenters. The summed E-state index contributed by atoms with van der Waals surface area (Å²) in [7, 11) is 2.11. The van der Waals surface area contributed by atoms with Crippen LogP contribution >= 0.6 is 0 Å². The molecule has 0 aromatic rings. The Morgan fingerprint density at radius 2 is 2.19 bits per heavy atom. The van der Waals surface area contributed by atoms with Crippen molar-refractivity contribution in [2.45, 2.75) is 45.2 Å². The van der Waals surface area contributed by atoms with Crippen molar-refractivity contribution >= 4 is 5.97 Å². The fourth-order valence-corrected chi connectivity index (χ4v) is 2.39. The van der Waals surface area contributed by atoms with E-state index in [-0.39, 0.29) is 6.42 Å². The summed E-state index contributed by atoms with van der Waals surface area (Å²) in [4.78, 5) is 15.4. The average Bonchev–Trinajstić information content (AvgIpc) is 2.37. The van der Waals surface area contributed by atoms with Gasteiger partial charge in [0.1, 0.15) is 0 Å². The van der Waals surface area contributed by atoms with Gasteiger partial charge in [-0.25, -0.2) is 0 Å². The smallest absolute Gasteiger partial charge is 0.303 e. The number of carbonyl (C=O) groups is 1. The number of aliphatic carboxylic acids is 1. The Bertz CT molecular complexity index is 233. The van der Waals surface area contributed by atoms with Crippen molar-refractivity contribution in [3.05, 3.63) is 0 Å². The maximum Gasteiger partial charge on any atom is 0.303 e. The third-order valence-electron chi connectivity index (χ3n) is 3.69. The first-order valence-electron chi connectivity index (χ1n) is 6.20. The van der Waals surface area contributed by atoms with Crippen LogP contribution in [0, 0.1) is 0 Å². The van der Waals surface area contributed by atoms with Crippen LogP contribution < -0.4 is 0 Å². The Morgan fingerprint density at radius 3 is 2.75 bits per heavy atom. The lowest BCUT2D eigenvalue weighted by molar-refractivity contribution is -0.137. The number of likely N-dealkylation sites (N-methyl/N-ethyl adjacent to an activating group) is 2. The van der Waals surface area contributed by atoms with Gasteiger partial charge < -0.3 is 10.0 Å². The number of nitrogens with zero attached hydrogens (tertiary/aromatic N) is 2. The zero-order valence-electron chi connectivity index (χ0n) is 10.6. The van der Waals surface area contributed by atoms with Gasteiger partial charge in [0, 0.05) is 25.0 Å². The van der Waals surface area contributed by atoms with E-state index in [4.69, 9.17) is 5.11 Å². The van der Waals surface area contributed by atoms with E-state index >= 15 is 0 Å². The molecule has 0 amide bonds. The zero-order chi connectivity index (χ0) is 12.1. The van der Waals surface area contributed by atoms with E-state index in [0.29, 0.717) is 12.1 Å². The van der Waals surface area contributed by atoms with Crippen LogP contribution in [0.25, 0.3) is 0 Å². The second kappa shape index (κ2) is 6.21. The molecule has 1 N–H and O–H groups in total. The van der Waals surface area contributed by atoms with Gasteiger partial charge in [-0.15, -0.1) is 0 Å². The molecule has 1 rings (SSSR count). The van der Waals surface area contributed by atoms with Crippen LogP contribution in [0.5, 0.6) is 0 Å². The molecule has 0 spiro atoms. The minimum absolute atomic E-state index is 0.279. The lowest BCUT2D eigenvalue weighted by Gasteiger charge is -2.29. The predicted molar refractivity (Wildman–Crippen MR) is 64.6 cm³/mol. The van der Waals surface area contributed by atoms with Crippen molar-refractivity contribution in [2.24, 2.45) is 0 Å². The second-order valence-corrected chi connectivity index (χ2v) is 4.79. The van der Waals surface area contributed by atoms with Gasteiger partial charge in [0.05, 0.1) is 0 Å². The largest absolute Gasteiger partial charge is 0.481 e. The van der Waals surface area contributed by atoms with Crippen LogP contribution in [-0.4, -0.2) is 59.6 Å². The van der Waals surface area contributed by atoms with Crippen LogP contribution in [0.1, 0.15) is 33.1 Å². The van der Waals surface area contributed by atoms with Gasteiger partial charge in [-0.1, -0.05) is 6.92 Å². The van der Waals surface area contributed by atoms with Crippen molar-refractivity contribution in [2.75, 3.05) is 26.7 Å². The second-order valence-electron chi connectivity index (χ2n) is 4.79. The SMILES string of the molecule is CCN1CC(CCC(=O)O)N(C)CCC1C. The van der Waals surface area contributed by atoms with Gasteiger partial charge in [-0.3, -0.25) is 9.69 Å². The summed E-state index contributed by atoms with van der Waals surface area (Å²) in [6, 6.07) is 1.00. The monoisotopic (exact) mass is 228 g/mol. The highest BCUT2D eigenvalue weighted by molar-refractivity contribution is 5.66. The minimum Gasteiger partial charge on any atom is -0.481 e. The summed E-state index contributed by atoms with van der Waals surface area (Å²) in [5.74, 6) is -0.686. The maximum atomic E-state index is 10.6. The number of hydrogen-bond acceptors (Lipinski definition) is 3. The quantitative estimate of drug-likeness (QED) is 0.787. The van der Waals surface area contributed by atoms with Gasteiger partial charge in [-0.05, 0) is 39.9 Å². The summed E-state index contributed by atoms with van der Waals surface area (Å²) in [6.07, 6.45) is 2.21. The highest BCUT2D eigenvalue weighted by Crippen LogP contribution is 2.16. The standard InChI is InChI=1S/C12H24N2O2/c1-4-14-9-11(5-6-12(15)16)13(3)8-7-10(14)2/h10-11H,4-9H2,1-3H3,(H,15,16). The van der Waals surface area contributed by atoms with Crippen molar-refractivity contribution in [1.82, 2.24) is 9.80 Å². The zero-order valence-corrected chi connectivity index (χ0v) is 10.6. The molecule has 94 valence electrons. The summed E-state index contributed by atoms with van der Waals surface area (Å²) in [5.41, 5.74) is 0. The Balaban J connectivity index is 2.55. The van der Waals surface area contributed by atoms with Crippen LogP contribution in [0.2, 0.25) is 0 Å². The normalized spacial score (nSPS) is 28.9. The van der Waals surface area contributed by atoms with E-state index in [0.717, 1.165) is 26.1 Å². The number of carboxylic acids is 1. The lowest BCUT2D eigenvalue weighted by atomic mass is 10.1. The molecule has 4 heteroatoms. The predicted octanol–water partition coefficient (Wildman–Crippen LogP) is 1.27. The van der Waals surface area contributed by atoms with E-state index in [9.17, 15) is 4.79 Å². The van der Waals surface area contributed by atoms with Crippen molar-refractivity contribution < 1.29 is 9.90 Å². The van der Waals surface area contributed by atoms with Crippen molar-refractivity contribution in [1.29, 1.82) is 0 Å². The van der Waals surface area contributed by atoms with Gasteiger partial charge in [0.25, 0.3) is 0 Å². The third kappa shape index (κ3) is 3.76. The first-order chi connectivity index (χ1) is 7.54. The third-order valence-corrected chi connectivity index (χ3v) is 3.69. The Kier molecular flexibility index (Phi) is 5.22. The first kappa shape index (κ1) is 13.5. The fraction of sp³-hybridized carbons (Fsp3) is 0.917. The van der Waals surface area contributed by atoms with Gasteiger partial charge in [-0.2, -0.15) is 0 Å². The Morgan fingerprint density at radius 1 is 1.50 bits per heavy atom. The molecule has 1 saturated heterocycles. The molecule has 16 heavy (non-hydrogen) atoms. The molecule has 0 aromatic heterocycles. The van der Waals surface area contributed by atoms with Gasteiger partial charge in [0.2, 0.25) is 0 Å². The molecule has 1 aliphatic heterocycles. The van der Waals surface area contributed by atoms with E-state index in [1.807, 2.05) is 0 Å². The average molecular weight is 228 g/mol. The van der Waals surface area contributed by atoms with E-state index < -0.39 is 5.97 Å². The Hall–Kier alpha value is -0.610. The minimum atomic E-state index is -0.686. The molecular weight excluding hydrogens is 204 g/mol. The molecule has 1 aliphatic rings.